The number of phenols is 1. The molecule has 1 aliphatic rings. The highest BCUT2D eigenvalue weighted by atomic mass is 35.5. The zero-order chi connectivity index (χ0) is 13.8. The maximum absolute atomic E-state index is 12.3. The second-order valence-electron chi connectivity index (χ2n) is 4.80. The highest BCUT2D eigenvalue weighted by Crippen LogP contribution is 2.27. The molecule has 0 radical (unpaired) electrons. The molecular weight excluding hydrogens is 266 g/mol. The van der Waals surface area contributed by atoms with Gasteiger partial charge in [-0.3, -0.25) is 4.79 Å². The van der Waals surface area contributed by atoms with E-state index >= 15 is 0 Å². The molecule has 1 fully saturated rings. The number of benzene rings is 1. The Morgan fingerprint density at radius 1 is 1.58 bits per heavy atom. The summed E-state index contributed by atoms with van der Waals surface area (Å²) in [7, 11) is 1.48. The standard InChI is InChI=1S/C14H18ClNO3/c1-19-13-5-4-11(7-12(13)17)14(18)16-6-2-3-10(8-15)9-16/h4-5,7,10,17H,2-3,6,8-9H2,1H3. The van der Waals surface area contributed by atoms with E-state index in [2.05, 4.69) is 0 Å². The van der Waals surface area contributed by atoms with E-state index in [1.54, 1.807) is 17.0 Å². The number of hydrogen-bond donors (Lipinski definition) is 1. The first-order valence-corrected chi connectivity index (χ1v) is 6.91. The number of amides is 1. The molecule has 0 aromatic heterocycles. The van der Waals surface area contributed by atoms with Gasteiger partial charge in [-0.2, -0.15) is 0 Å². The molecule has 1 unspecified atom stereocenters. The van der Waals surface area contributed by atoms with E-state index in [0.717, 1.165) is 19.4 Å². The van der Waals surface area contributed by atoms with Crippen molar-refractivity contribution in [2.75, 3.05) is 26.1 Å². The number of rotatable bonds is 3. The minimum atomic E-state index is -0.0623. The number of nitrogens with zero attached hydrogens (tertiary/aromatic N) is 1. The molecule has 1 aliphatic heterocycles. The number of halogens is 1. The number of aromatic hydroxyl groups is 1. The molecule has 0 aliphatic carbocycles. The van der Waals surface area contributed by atoms with Gasteiger partial charge in [0, 0.05) is 24.5 Å². The molecule has 0 spiro atoms. The van der Waals surface area contributed by atoms with E-state index in [-0.39, 0.29) is 11.7 Å². The number of carbonyl (C=O) groups excluding carboxylic acids is 1. The Bertz CT molecular complexity index is 464. The highest BCUT2D eigenvalue weighted by molar-refractivity contribution is 6.18. The predicted molar refractivity (Wildman–Crippen MR) is 74.0 cm³/mol. The summed E-state index contributed by atoms with van der Waals surface area (Å²) in [6.45, 7) is 1.44. The van der Waals surface area contributed by atoms with Crippen molar-refractivity contribution in [2.45, 2.75) is 12.8 Å². The summed E-state index contributed by atoms with van der Waals surface area (Å²) >= 11 is 5.87. The molecule has 1 heterocycles. The Hall–Kier alpha value is -1.42. The fourth-order valence-electron chi connectivity index (χ4n) is 2.38. The van der Waals surface area contributed by atoms with Crippen LogP contribution in [0.3, 0.4) is 0 Å². The molecule has 1 aromatic carbocycles. The van der Waals surface area contributed by atoms with Crippen LogP contribution in [0.1, 0.15) is 23.2 Å². The third-order valence-corrected chi connectivity index (χ3v) is 3.89. The number of alkyl halides is 1. The average Bonchev–Trinajstić information content (AvgIpc) is 2.46. The molecular formula is C14H18ClNO3. The summed E-state index contributed by atoms with van der Waals surface area (Å²) in [5.41, 5.74) is 0.480. The van der Waals surface area contributed by atoms with Crippen LogP contribution in [0.25, 0.3) is 0 Å². The van der Waals surface area contributed by atoms with Crippen molar-refractivity contribution in [3.05, 3.63) is 23.8 Å². The number of piperidine rings is 1. The van der Waals surface area contributed by atoms with Gasteiger partial charge in [-0.05, 0) is 37.0 Å². The van der Waals surface area contributed by atoms with Crippen molar-refractivity contribution in [3.8, 4) is 11.5 Å². The lowest BCUT2D eigenvalue weighted by molar-refractivity contribution is 0.0684. The van der Waals surface area contributed by atoms with E-state index < -0.39 is 0 Å². The van der Waals surface area contributed by atoms with Crippen molar-refractivity contribution in [3.63, 3.8) is 0 Å². The maximum atomic E-state index is 12.3. The second kappa shape index (κ2) is 6.15. The summed E-state index contributed by atoms with van der Waals surface area (Å²) in [6.07, 6.45) is 2.05. The van der Waals surface area contributed by atoms with Crippen LogP contribution in [-0.4, -0.2) is 42.0 Å². The Morgan fingerprint density at radius 3 is 3.00 bits per heavy atom. The van der Waals surface area contributed by atoms with E-state index in [1.165, 1.54) is 13.2 Å². The minimum Gasteiger partial charge on any atom is -0.504 e. The van der Waals surface area contributed by atoms with Crippen molar-refractivity contribution in [2.24, 2.45) is 5.92 Å². The van der Waals surface area contributed by atoms with E-state index in [9.17, 15) is 9.90 Å². The number of hydrogen-bond acceptors (Lipinski definition) is 3. The zero-order valence-corrected chi connectivity index (χ0v) is 11.7. The van der Waals surface area contributed by atoms with Gasteiger partial charge in [0.05, 0.1) is 7.11 Å². The number of methoxy groups -OCH3 is 1. The first kappa shape index (κ1) is 14.0. The molecule has 1 atom stereocenters. The molecule has 1 saturated heterocycles. The van der Waals surface area contributed by atoms with Gasteiger partial charge in [-0.15, -0.1) is 11.6 Å². The Morgan fingerprint density at radius 2 is 2.37 bits per heavy atom. The van der Waals surface area contributed by atoms with Gasteiger partial charge < -0.3 is 14.7 Å². The first-order valence-electron chi connectivity index (χ1n) is 6.38. The van der Waals surface area contributed by atoms with Crippen molar-refractivity contribution < 1.29 is 14.6 Å². The molecule has 2 rings (SSSR count). The summed E-state index contributed by atoms with van der Waals surface area (Å²) < 4.78 is 4.97. The Balaban J connectivity index is 2.12. The predicted octanol–water partition coefficient (Wildman–Crippen LogP) is 2.49. The zero-order valence-electron chi connectivity index (χ0n) is 10.9. The van der Waals surface area contributed by atoms with Gasteiger partial charge in [-0.25, -0.2) is 0 Å². The van der Waals surface area contributed by atoms with Gasteiger partial charge in [0.25, 0.3) is 5.91 Å². The van der Waals surface area contributed by atoms with Crippen molar-refractivity contribution in [1.82, 2.24) is 4.90 Å². The Labute approximate surface area is 117 Å². The van der Waals surface area contributed by atoms with Crippen LogP contribution in [0.5, 0.6) is 11.5 Å². The van der Waals surface area contributed by atoms with Crippen LogP contribution >= 0.6 is 11.6 Å². The molecule has 1 aromatic rings. The summed E-state index contributed by atoms with van der Waals surface area (Å²) in [4.78, 5) is 14.1. The van der Waals surface area contributed by atoms with Crippen LogP contribution in [-0.2, 0) is 0 Å². The van der Waals surface area contributed by atoms with E-state index in [0.29, 0.717) is 29.7 Å². The number of carbonyl (C=O) groups is 1. The van der Waals surface area contributed by atoms with Crippen LogP contribution in [0.15, 0.2) is 18.2 Å². The monoisotopic (exact) mass is 283 g/mol. The molecule has 0 saturated carbocycles. The fraction of sp³-hybridized carbons (Fsp3) is 0.500. The molecule has 5 heteroatoms. The van der Waals surface area contributed by atoms with E-state index in [4.69, 9.17) is 16.3 Å². The lowest BCUT2D eigenvalue weighted by Gasteiger charge is -2.31. The van der Waals surface area contributed by atoms with Crippen LogP contribution < -0.4 is 4.74 Å². The third-order valence-electron chi connectivity index (χ3n) is 3.45. The van der Waals surface area contributed by atoms with Crippen LogP contribution in [0, 0.1) is 5.92 Å². The van der Waals surface area contributed by atoms with Gasteiger partial charge in [-0.1, -0.05) is 0 Å². The normalized spacial score (nSPS) is 19.3. The topological polar surface area (TPSA) is 49.8 Å². The number of likely N-dealkylation sites (tertiary alicyclic amines) is 1. The van der Waals surface area contributed by atoms with Crippen molar-refractivity contribution >= 4 is 17.5 Å². The second-order valence-corrected chi connectivity index (χ2v) is 5.11. The van der Waals surface area contributed by atoms with Gasteiger partial charge >= 0.3 is 0 Å². The number of phenolic OH excluding ortho intramolecular Hbond substituents is 1. The molecule has 4 nitrogen and oxygen atoms in total. The maximum Gasteiger partial charge on any atom is 0.254 e. The van der Waals surface area contributed by atoms with Crippen LogP contribution in [0.4, 0.5) is 0 Å². The quantitative estimate of drug-likeness (QED) is 0.867. The first-order chi connectivity index (χ1) is 9.15. The third kappa shape index (κ3) is 3.13. The van der Waals surface area contributed by atoms with Crippen LogP contribution in [0.2, 0.25) is 0 Å². The van der Waals surface area contributed by atoms with Gasteiger partial charge in [0.1, 0.15) is 0 Å². The SMILES string of the molecule is COc1ccc(C(=O)N2CCCC(CCl)C2)cc1O. The lowest BCUT2D eigenvalue weighted by Crippen LogP contribution is -2.40. The largest absolute Gasteiger partial charge is 0.504 e. The Kier molecular flexibility index (Phi) is 4.53. The van der Waals surface area contributed by atoms with Crippen molar-refractivity contribution in [1.29, 1.82) is 0 Å². The smallest absolute Gasteiger partial charge is 0.254 e. The summed E-state index contributed by atoms with van der Waals surface area (Å²) in [5.74, 6) is 1.24. The van der Waals surface area contributed by atoms with Gasteiger partial charge in [0.2, 0.25) is 0 Å². The molecule has 0 bridgehead atoms. The average molecular weight is 284 g/mol. The number of ether oxygens (including phenoxy) is 1. The highest BCUT2D eigenvalue weighted by Gasteiger charge is 2.24. The van der Waals surface area contributed by atoms with Gasteiger partial charge in [0.15, 0.2) is 11.5 Å². The molecule has 1 amide bonds. The summed E-state index contributed by atoms with van der Waals surface area (Å²) in [6, 6.07) is 4.72. The molecule has 1 N–H and O–H groups in total. The fourth-order valence-corrected chi connectivity index (χ4v) is 2.63. The minimum absolute atomic E-state index is 0.0146. The summed E-state index contributed by atoms with van der Waals surface area (Å²) in [5, 5.41) is 9.72. The molecule has 104 valence electrons. The molecule has 19 heavy (non-hydrogen) atoms. The lowest BCUT2D eigenvalue weighted by atomic mass is 9.99. The van der Waals surface area contributed by atoms with E-state index in [1.807, 2.05) is 0 Å².